The summed E-state index contributed by atoms with van der Waals surface area (Å²) in [7, 11) is 0. The largest absolute Gasteiger partial charge is 0.463 e. The predicted octanol–water partition coefficient (Wildman–Crippen LogP) is 4.51. The van der Waals surface area contributed by atoms with Crippen molar-refractivity contribution in [2.24, 2.45) is 5.10 Å². The summed E-state index contributed by atoms with van der Waals surface area (Å²) >= 11 is 1.43. The van der Waals surface area contributed by atoms with Gasteiger partial charge in [0.2, 0.25) is 11.8 Å². The van der Waals surface area contributed by atoms with E-state index in [0.29, 0.717) is 22.6 Å². The SMILES string of the molecule is CC(=O)N1N=C(CSc2nnc(-c3ccccc3)n2-c2ccccc2)O[C@@H]1c1ccco1. The van der Waals surface area contributed by atoms with E-state index in [0.717, 1.165) is 17.1 Å². The van der Waals surface area contributed by atoms with Gasteiger partial charge in [-0.15, -0.1) is 15.3 Å². The average molecular weight is 446 g/mol. The van der Waals surface area contributed by atoms with Gasteiger partial charge in [0.25, 0.3) is 6.23 Å². The van der Waals surface area contributed by atoms with Crippen LogP contribution in [0.25, 0.3) is 17.1 Å². The zero-order valence-electron chi connectivity index (χ0n) is 17.2. The molecule has 0 fully saturated rings. The van der Waals surface area contributed by atoms with Gasteiger partial charge in [-0.1, -0.05) is 60.3 Å². The number of nitrogens with zero attached hydrogens (tertiary/aromatic N) is 5. The molecule has 32 heavy (non-hydrogen) atoms. The number of carbonyl (C=O) groups is 1. The Kier molecular flexibility index (Phi) is 5.47. The van der Waals surface area contributed by atoms with Gasteiger partial charge in [0.15, 0.2) is 16.7 Å². The summed E-state index contributed by atoms with van der Waals surface area (Å²) < 4.78 is 13.3. The smallest absolute Gasteiger partial charge is 0.254 e. The molecule has 1 aliphatic heterocycles. The number of hydrogen-bond acceptors (Lipinski definition) is 7. The van der Waals surface area contributed by atoms with E-state index in [1.165, 1.54) is 30.0 Å². The van der Waals surface area contributed by atoms with Crippen LogP contribution in [-0.4, -0.2) is 37.3 Å². The Labute approximate surface area is 188 Å². The molecule has 0 aliphatic carbocycles. The molecule has 0 radical (unpaired) electrons. The van der Waals surface area contributed by atoms with Crippen molar-refractivity contribution in [2.75, 3.05) is 5.75 Å². The standard InChI is InChI=1S/C23H19N5O3S/c1-16(29)28-22(19-13-8-14-30-19)31-20(26-28)15-32-23-25-24-21(17-9-4-2-5-10-17)27(23)18-11-6-3-7-12-18/h2-14,22H,15H2,1H3/t22-/m1/s1. The fourth-order valence-corrected chi connectivity index (χ4v) is 4.16. The van der Waals surface area contributed by atoms with E-state index < -0.39 is 6.23 Å². The van der Waals surface area contributed by atoms with Gasteiger partial charge < -0.3 is 9.15 Å². The molecule has 2 aromatic heterocycles. The Morgan fingerprint density at radius 1 is 1.00 bits per heavy atom. The van der Waals surface area contributed by atoms with Crippen LogP contribution in [0.3, 0.4) is 0 Å². The molecule has 0 saturated heterocycles. The van der Waals surface area contributed by atoms with E-state index in [-0.39, 0.29) is 5.91 Å². The van der Waals surface area contributed by atoms with E-state index in [1.54, 1.807) is 12.1 Å². The predicted molar refractivity (Wildman–Crippen MR) is 120 cm³/mol. The molecule has 0 bridgehead atoms. The van der Waals surface area contributed by atoms with E-state index in [9.17, 15) is 4.79 Å². The minimum atomic E-state index is -0.704. The number of para-hydroxylation sites is 1. The molecular formula is C23H19N5O3S. The fourth-order valence-electron chi connectivity index (χ4n) is 3.36. The molecule has 1 aliphatic rings. The lowest BCUT2D eigenvalue weighted by Crippen LogP contribution is -2.24. The van der Waals surface area contributed by atoms with Gasteiger partial charge in [0.1, 0.15) is 0 Å². The maximum atomic E-state index is 12.0. The van der Waals surface area contributed by atoms with Crippen LogP contribution in [0.2, 0.25) is 0 Å². The van der Waals surface area contributed by atoms with Gasteiger partial charge in [-0.05, 0) is 24.3 Å². The Balaban J connectivity index is 1.42. The molecule has 160 valence electrons. The van der Waals surface area contributed by atoms with Gasteiger partial charge in [-0.25, -0.2) is 0 Å². The number of furan rings is 1. The van der Waals surface area contributed by atoms with Crippen LogP contribution in [0.5, 0.6) is 0 Å². The number of carbonyl (C=O) groups excluding carboxylic acids is 1. The molecule has 1 atom stereocenters. The van der Waals surface area contributed by atoms with Crippen LogP contribution in [0.4, 0.5) is 0 Å². The van der Waals surface area contributed by atoms with Gasteiger partial charge in [-0.2, -0.15) is 5.01 Å². The third-order valence-electron chi connectivity index (χ3n) is 4.80. The van der Waals surface area contributed by atoms with Crippen molar-refractivity contribution in [2.45, 2.75) is 18.3 Å². The zero-order valence-corrected chi connectivity index (χ0v) is 18.0. The molecule has 5 rings (SSSR count). The van der Waals surface area contributed by atoms with Crippen molar-refractivity contribution in [3.05, 3.63) is 84.8 Å². The van der Waals surface area contributed by atoms with Crippen LogP contribution in [-0.2, 0) is 9.53 Å². The summed E-state index contributed by atoms with van der Waals surface area (Å²) in [5.74, 6) is 1.82. The number of amides is 1. The minimum Gasteiger partial charge on any atom is -0.463 e. The summed E-state index contributed by atoms with van der Waals surface area (Å²) in [5, 5.41) is 15.2. The summed E-state index contributed by atoms with van der Waals surface area (Å²) in [5.41, 5.74) is 1.91. The first-order valence-corrected chi connectivity index (χ1v) is 11.0. The number of hydrogen-bond donors (Lipinski definition) is 0. The van der Waals surface area contributed by atoms with Crippen LogP contribution in [0, 0.1) is 0 Å². The fraction of sp³-hybridized carbons (Fsp3) is 0.130. The highest BCUT2D eigenvalue weighted by molar-refractivity contribution is 7.99. The molecular weight excluding hydrogens is 426 g/mol. The second kappa shape index (κ2) is 8.72. The van der Waals surface area contributed by atoms with Crippen molar-refractivity contribution in [3.8, 4) is 17.1 Å². The molecule has 0 N–H and O–H groups in total. The van der Waals surface area contributed by atoms with Crippen molar-refractivity contribution < 1.29 is 13.9 Å². The van der Waals surface area contributed by atoms with Gasteiger partial charge in [0, 0.05) is 18.2 Å². The normalized spacial score (nSPS) is 15.5. The van der Waals surface area contributed by atoms with Gasteiger partial charge in [0.05, 0.1) is 12.0 Å². The first kappa shape index (κ1) is 20.1. The first-order valence-electron chi connectivity index (χ1n) is 9.97. The maximum Gasteiger partial charge on any atom is 0.254 e. The monoisotopic (exact) mass is 445 g/mol. The van der Waals surface area contributed by atoms with E-state index in [2.05, 4.69) is 15.3 Å². The maximum absolute atomic E-state index is 12.0. The molecule has 0 unspecified atom stereocenters. The van der Waals surface area contributed by atoms with Crippen LogP contribution >= 0.6 is 11.8 Å². The number of rotatable bonds is 6. The molecule has 3 heterocycles. The average Bonchev–Trinajstić information content (AvgIpc) is 3.58. The minimum absolute atomic E-state index is 0.231. The third kappa shape index (κ3) is 3.90. The number of benzene rings is 2. The molecule has 1 amide bonds. The highest BCUT2D eigenvalue weighted by atomic mass is 32.2. The van der Waals surface area contributed by atoms with E-state index in [1.807, 2.05) is 65.2 Å². The summed E-state index contributed by atoms with van der Waals surface area (Å²) in [6.07, 6.45) is 0.835. The lowest BCUT2D eigenvalue weighted by Gasteiger charge is -2.16. The summed E-state index contributed by atoms with van der Waals surface area (Å²) in [4.78, 5) is 12.0. The molecule has 0 spiro atoms. The number of thioether (sulfide) groups is 1. The first-order chi connectivity index (χ1) is 15.7. The van der Waals surface area contributed by atoms with Crippen molar-refractivity contribution in [3.63, 3.8) is 0 Å². The Hall–Kier alpha value is -3.85. The van der Waals surface area contributed by atoms with Crippen LogP contribution in [0.15, 0.2) is 93.7 Å². The molecule has 9 heteroatoms. The number of ether oxygens (including phenoxy) is 1. The number of hydrazone groups is 1. The lowest BCUT2D eigenvalue weighted by molar-refractivity contribution is -0.136. The summed E-state index contributed by atoms with van der Waals surface area (Å²) in [6.45, 7) is 1.44. The second-order valence-electron chi connectivity index (χ2n) is 6.97. The van der Waals surface area contributed by atoms with E-state index >= 15 is 0 Å². The van der Waals surface area contributed by atoms with E-state index in [4.69, 9.17) is 9.15 Å². The molecule has 4 aromatic rings. The highest BCUT2D eigenvalue weighted by Gasteiger charge is 2.34. The topological polar surface area (TPSA) is 85.8 Å². The van der Waals surface area contributed by atoms with Crippen LogP contribution in [0.1, 0.15) is 18.9 Å². The van der Waals surface area contributed by atoms with Gasteiger partial charge >= 0.3 is 0 Å². The van der Waals surface area contributed by atoms with Crippen LogP contribution < -0.4 is 0 Å². The Bertz CT molecular complexity index is 1240. The molecule has 8 nitrogen and oxygen atoms in total. The van der Waals surface area contributed by atoms with Crippen molar-refractivity contribution in [1.82, 2.24) is 19.8 Å². The third-order valence-corrected chi connectivity index (χ3v) is 5.72. The summed E-state index contributed by atoms with van der Waals surface area (Å²) in [6, 6.07) is 23.3. The quantitative estimate of drug-likeness (QED) is 0.406. The Morgan fingerprint density at radius 3 is 2.44 bits per heavy atom. The lowest BCUT2D eigenvalue weighted by atomic mass is 10.2. The molecule has 2 aromatic carbocycles. The molecule has 0 saturated carbocycles. The van der Waals surface area contributed by atoms with Gasteiger partial charge in [-0.3, -0.25) is 9.36 Å². The number of aromatic nitrogens is 3. The second-order valence-corrected chi connectivity index (χ2v) is 7.92. The van der Waals surface area contributed by atoms with Crippen molar-refractivity contribution in [1.29, 1.82) is 0 Å². The highest BCUT2D eigenvalue weighted by Crippen LogP contribution is 2.32. The Morgan fingerprint density at radius 2 is 1.75 bits per heavy atom. The zero-order chi connectivity index (χ0) is 21.9. The van der Waals surface area contributed by atoms with Crippen molar-refractivity contribution >= 4 is 23.6 Å².